The third kappa shape index (κ3) is 3.91. The molecule has 1 rings (SSSR count). The number of hydrogen-bond donors (Lipinski definition) is 1. The van der Waals surface area contributed by atoms with Gasteiger partial charge in [-0.25, -0.2) is 0 Å². The van der Waals surface area contributed by atoms with Gasteiger partial charge < -0.3 is 10.6 Å². The minimum absolute atomic E-state index is 0.0784. The van der Waals surface area contributed by atoms with E-state index in [0.717, 1.165) is 11.0 Å². The maximum atomic E-state index is 11.6. The van der Waals surface area contributed by atoms with Gasteiger partial charge in [-0.1, -0.05) is 24.8 Å². The molecule has 0 aromatic heterocycles. The summed E-state index contributed by atoms with van der Waals surface area (Å²) in [5.41, 5.74) is 5.24. The third-order valence-corrected chi connectivity index (χ3v) is 2.38. The Morgan fingerprint density at radius 2 is 2.05 bits per heavy atom. The first-order valence-corrected chi connectivity index (χ1v) is 5.37. The van der Waals surface area contributed by atoms with Gasteiger partial charge in [-0.2, -0.15) is 0 Å². The van der Waals surface area contributed by atoms with Crippen LogP contribution in [0.4, 0.5) is 5.69 Å². The first kappa shape index (κ1) is 14.4. The predicted octanol–water partition coefficient (Wildman–Crippen LogP) is 0.595. The van der Waals surface area contributed by atoms with Gasteiger partial charge in [-0.15, -0.1) is 0 Å². The fraction of sp³-hybridized carbons (Fsp3) is 0.167. The number of carbonyl (C=O) groups excluding carboxylic acids is 2. The summed E-state index contributed by atoms with van der Waals surface area (Å²) in [6.07, 6.45) is 1.03. The molecule has 0 heterocycles. The van der Waals surface area contributed by atoms with E-state index in [0.29, 0.717) is 5.56 Å². The first-order chi connectivity index (χ1) is 8.95. The number of nitro groups is 1. The van der Waals surface area contributed by atoms with Crippen molar-refractivity contribution in [3.63, 3.8) is 0 Å². The highest BCUT2D eigenvalue weighted by Crippen LogP contribution is 2.19. The molecule has 2 N–H and O–H groups in total. The van der Waals surface area contributed by atoms with Gasteiger partial charge in [0.2, 0.25) is 11.8 Å². The van der Waals surface area contributed by atoms with Gasteiger partial charge >= 0.3 is 0 Å². The van der Waals surface area contributed by atoms with Crippen molar-refractivity contribution in [3.8, 4) is 0 Å². The number of carbonyl (C=O) groups is 2. The summed E-state index contributed by atoms with van der Waals surface area (Å²) in [5, 5.41) is 10.9. The number of benzene rings is 1. The van der Waals surface area contributed by atoms with E-state index in [1.165, 1.54) is 18.2 Å². The lowest BCUT2D eigenvalue weighted by molar-refractivity contribution is -0.385. The predicted molar refractivity (Wildman–Crippen MR) is 67.9 cm³/mol. The lowest BCUT2D eigenvalue weighted by Gasteiger charge is -2.19. The first-order valence-electron chi connectivity index (χ1n) is 5.37. The van der Waals surface area contributed by atoms with Gasteiger partial charge in [0.15, 0.2) is 0 Å². The van der Waals surface area contributed by atoms with Crippen molar-refractivity contribution < 1.29 is 14.5 Å². The molecule has 0 spiro atoms. The molecule has 2 amide bonds. The van der Waals surface area contributed by atoms with E-state index in [9.17, 15) is 19.7 Å². The summed E-state index contributed by atoms with van der Waals surface area (Å²) >= 11 is 0. The highest BCUT2D eigenvalue weighted by molar-refractivity contribution is 5.90. The standard InChI is InChI=1S/C12H13N3O4/c1-2-12(17)14(8-11(13)16)7-9-5-3-4-6-10(9)15(18)19/h2-6H,1,7-8H2,(H2,13,16). The second-order valence-corrected chi connectivity index (χ2v) is 3.75. The van der Waals surface area contributed by atoms with Crippen LogP contribution < -0.4 is 5.73 Å². The molecule has 19 heavy (non-hydrogen) atoms. The Morgan fingerprint density at radius 1 is 1.42 bits per heavy atom. The van der Waals surface area contributed by atoms with E-state index in [2.05, 4.69) is 6.58 Å². The van der Waals surface area contributed by atoms with Crippen molar-refractivity contribution in [3.05, 3.63) is 52.6 Å². The van der Waals surface area contributed by atoms with Crippen LogP contribution in [0.2, 0.25) is 0 Å². The summed E-state index contributed by atoms with van der Waals surface area (Å²) in [6.45, 7) is 2.91. The number of nitro benzene ring substituents is 1. The monoisotopic (exact) mass is 263 g/mol. The second-order valence-electron chi connectivity index (χ2n) is 3.75. The zero-order valence-electron chi connectivity index (χ0n) is 10.1. The lowest BCUT2D eigenvalue weighted by atomic mass is 10.1. The lowest BCUT2D eigenvalue weighted by Crippen LogP contribution is -2.37. The molecular formula is C12H13N3O4. The maximum Gasteiger partial charge on any atom is 0.274 e. The van der Waals surface area contributed by atoms with Crippen molar-refractivity contribution in [1.82, 2.24) is 4.90 Å². The minimum atomic E-state index is -0.700. The quantitative estimate of drug-likeness (QED) is 0.460. The largest absolute Gasteiger partial charge is 0.368 e. The normalized spacial score (nSPS) is 9.68. The Bertz CT molecular complexity index is 527. The van der Waals surface area contributed by atoms with E-state index in [1.807, 2.05) is 0 Å². The highest BCUT2D eigenvalue weighted by Gasteiger charge is 2.19. The summed E-state index contributed by atoms with van der Waals surface area (Å²) in [4.78, 5) is 33.9. The molecule has 0 aliphatic heterocycles. The summed E-state index contributed by atoms with van der Waals surface area (Å²) in [5.74, 6) is -1.22. The average molecular weight is 263 g/mol. The van der Waals surface area contributed by atoms with Gasteiger partial charge in [0, 0.05) is 11.6 Å². The molecule has 0 radical (unpaired) electrons. The number of nitrogens with two attached hydrogens (primary N) is 1. The smallest absolute Gasteiger partial charge is 0.274 e. The highest BCUT2D eigenvalue weighted by atomic mass is 16.6. The zero-order valence-corrected chi connectivity index (χ0v) is 10.1. The third-order valence-electron chi connectivity index (χ3n) is 2.38. The molecule has 0 atom stereocenters. The topological polar surface area (TPSA) is 107 Å². The van der Waals surface area contributed by atoms with Crippen molar-refractivity contribution in [2.24, 2.45) is 5.73 Å². The zero-order chi connectivity index (χ0) is 14.4. The molecule has 0 unspecified atom stereocenters. The van der Waals surface area contributed by atoms with Crippen LogP contribution >= 0.6 is 0 Å². The fourth-order valence-electron chi connectivity index (χ4n) is 1.56. The molecule has 0 aliphatic rings. The van der Waals surface area contributed by atoms with Crippen molar-refractivity contribution in [1.29, 1.82) is 0 Å². The van der Waals surface area contributed by atoms with Crippen LogP contribution in [0.15, 0.2) is 36.9 Å². The van der Waals surface area contributed by atoms with Crippen molar-refractivity contribution >= 4 is 17.5 Å². The molecule has 100 valence electrons. The molecule has 0 saturated carbocycles. The number of nitrogens with zero attached hydrogens (tertiary/aromatic N) is 2. The van der Waals surface area contributed by atoms with Gasteiger partial charge in [0.1, 0.15) is 0 Å². The number of rotatable bonds is 6. The Kier molecular flexibility index (Phi) is 4.76. The van der Waals surface area contributed by atoms with Crippen molar-refractivity contribution in [2.45, 2.75) is 6.54 Å². The van der Waals surface area contributed by atoms with E-state index >= 15 is 0 Å². The van der Waals surface area contributed by atoms with Crippen LogP contribution in [0.1, 0.15) is 5.56 Å². The van der Waals surface area contributed by atoms with Crippen LogP contribution in [0.25, 0.3) is 0 Å². The number of primary amides is 1. The van der Waals surface area contributed by atoms with Crippen LogP contribution in [0.5, 0.6) is 0 Å². The number of hydrogen-bond acceptors (Lipinski definition) is 4. The molecule has 7 nitrogen and oxygen atoms in total. The van der Waals surface area contributed by atoms with Crippen LogP contribution in [0, 0.1) is 10.1 Å². The van der Waals surface area contributed by atoms with Crippen molar-refractivity contribution in [2.75, 3.05) is 6.54 Å². The molecule has 1 aromatic rings. The number of para-hydroxylation sites is 1. The Morgan fingerprint density at radius 3 is 2.58 bits per heavy atom. The summed E-state index contributed by atoms with van der Waals surface area (Å²) in [6, 6.07) is 5.98. The number of amides is 2. The van der Waals surface area contributed by atoms with Gasteiger partial charge in [0.05, 0.1) is 18.0 Å². The SMILES string of the molecule is C=CC(=O)N(CC(N)=O)Cc1ccccc1[N+](=O)[O-]. The van der Waals surface area contributed by atoms with E-state index in [-0.39, 0.29) is 18.8 Å². The molecule has 7 heteroatoms. The Balaban J connectivity index is 3.02. The summed E-state index contributed by atoms with van der Waals surface area (Å²) in [7, 11) is 0. The van der Waals surface area contributed by atoms with Crippen LogP contribution in [-0.2, 0) is 16.1 Å². The van der Waals surface area contributed by atoms with E-state index in [4.69, 9.17) is 5.73 Å². The maximum absolute atomic E-state index is 11.6. The van der Waals surface area contributed by atoms with Gasteiger partial charge in [-0.05, 0) is 6.08 Å². The molecule has 0 bridgehead atoms. The average Bonchev–Trinajstić information content (AvgIpc) is 2.36. The molecule has 0 saturated heterocycles. The molecule has 1 aromatic carbocycles. The van der Waals surface area contributed by atoms with Gasteiger partial charge in [0.25, 0.3) is 5.69 Å². The van der Waals surface area contributed by atoms with Crippen LogP contribution in [0.3, 0.4) is 0 Å². The van der Waals surface area contributed by atoms with Crippen LogP contribution in [-0.4, -0.2) is 28.2 Å². The van der Waals surface area contributed by atoms with E-state index < -0.39 is 16.7 Å². The molecule has 0 aliphatic carbocycles. The minimum Gasteiger partial charge on any atom is -0.368 e. The van der Waals surface area contributed by atoms with Gasteiger partial charge in [-0.3, -0.25) is 19.7 Å². The molecule has 0 fully saturated rings. The second kappa shape index (κ2) is 6.29. The fourth-order valence-corrected chi connectivity index (χ4v) is 1.56. The molecular weight excluding hydrogens is 250 g/mol. The van der Waals surface area contributed by atoms with E-state index in [1.54, 1.807) is 6.07 Å². The Labute approximate surface area is 109 Å². The summed E-state index contributed by atoms with van der Waals surface area (Å²) < 4.78 is 0. The Hall–Kier alpha value is -2.70.